The average molecular weight is 561 g/mol. The van der Waals surface area contributed by atoms with Gasteiger partial charge in [0.15, 0.2) is 0 Å². The quantitative estimate of drug-likeness (QED) is 0.200. The van der Waals surface area contributed by atoms with Gasteiger partial charge in [0.05, 0.1) is 30.8 Å². The molecule has 0 fully saturated rings. The van der Waals surface area contributed by atoms with Gasteiger partial charge in [0, 0.05) is 28.4 Å². The molecule has 6 rings (SSSR count). The predicted octanol–water partition coefficient (Wildman–Crippen LogP) is 3.18. The third-order valence-corrected chi connectivity index (χ3v) is 8.98. The van der Waals surface area contributed by atoms with Gasteiger partial charge in [0.2, 0.25) is 0 Å². The fraction of sp³-hybridized carbons (Fsp3) is 0.0417. The summed E-state index contributed by atoms with van der Waals surface area (Å²) in [6.45, 7) is 1.62. The van der Waals surface area contributed by atoms with Crippen LogP contribution in [0.3, 0.4) is 0 Å². The molecule has 3 aromatic carbocycles. The molecule has 0 aliphatic heterocycles. The predicted molar refractivity (Wildman–Crippen MR) is 143 cm³/mol. The second-order valence-electron chi connectivity index (χ2n) is 7.53. The second kappa shape index (κ2) is 11.0. The van der Waals surface area contributed by atoms with Gasteiger partial charge in [0.1, 0.15) is 20.1 Å². The first kappa shape index (κ1) is 26.8. The van der Waals surface area contributed by atoms with Crippen LogP contribution in [0.25, 0.3) is 41.6 Å². The van der Waals surface area contributed by atoms with Gasteiger partial charge in [-0.3, -0.25) is 4.98 Å². The summed E-state index contributed by atoms with van der Waals surface area (Å²) in [6.07, 6.45) is 1.77. The SMILES string of the molecule is Cc1ccc2nc(-c3ccc4nc(-c5ccc(N)cc5)sc4c3)sc2c1S(=O)(=O)[O-].[Na+].c1cscn1. The maximum Gasteiger partial charge on any atom is 1.00 e. The Labute approximate surface area is 241 Å². The van der Waals surface area contributed by atoms with Crippen LogP contribution in [0.4, 0.5) is 5.69 Å². The molecule has 0 unspecified atom stereocenters. The average Bonchev–Trinajstić information content (AvgIpc) is 3.59. The molecule has 0 atom stereocenters. The molecule has 0 bridgehead atoms. The molecule has 3 heterocycles. The van der Waals surface area contributed by atoms with Crippen molar-refractivity contribution in [3.63, 3.8) is 0 Å². The van der Waals surface area contributed by atoms with E-state index in [1.165, 1.54) is 11.3 Å². The molecule has 0 spiro atoms. The number of thiazole rings is 3. The number of aryl methyl sites for hydroxylation is 1. The number of nitrogen functional groups attached to an aromatic ring is 1. The summed E-state index contributed by atoms with van der Waals surface area (Å²) in [6, 6.07) is 16.7. The molecule has 0 radical (unpaired) electrons. The Morgan fingerprint density at radius 1 is 0.889 bits per heavy atom. The van der Waals surface area contributed by atoms with Gasteiger partial charge in [-0.25, -0.2) is 18.4 Å². The standard InChI is InChI=1S/C21H15N3O3S3.C3H3NS.Na/c1-11-2-8-16-18(19(11)30(25,26)27)29-21(24-16)13-5-9-15-17(10-13)28-20(23-15)12-3-6-14(22)7-4-12;1-2-5-3-4-1;/h2-10H,22H2,1H3,(H,25,26,27);1-3H;/q;;+1/p-1. The van der Waals surface area contributed by atoms with E-state index in [2.05, 4.69) is 15.0 Å². The summed E-state index contributed by atoms with van der Waals surface area (Å²) >= 11 is 4.37. The van der Waals surface area contributed by atoms with Crippen LogP contribution >= 0.6 is 34.0 Å². The molecule has 36 heavy (non-hydrogen) atoms. The van der Waals surface area contributed by atoms with Gasteiger partial charge in [-0.05, 0) is 61.0 Å². The zero-order chi connectivity index (χ0) is 24.6. The van der Waals surface area contributed by atoms with Crippen molar-refractivity contribution < 1.29 is 42.5 Å². The third kappa shape index (κ3) is 5.68. The molecule has 12 heteroatoms. The molecule has 0 saturated carbocycles. The van der Waals surface area contributed by atoms with E-state index in [4.69, 9.17) is 5.73 Å². The van der Waals surface area contributed by atoms with Crippen LogP contribution in [0, 0.1) is 6.92 Å². The van der Waals surface area contributed by atoms with E-state index in [0.717, 1.165) is 26.4 Å². The van der Waals surface area contributed by atoms with Gasteiger partial charge in [0.25, 0.3) is 0 Å². The van der Waals surface area contributed by atoms with Crippen molar-refractivity contribution in [2.75, 3.05) is 5.73 Å². The summed E-state index contributed by atoms with van der Waals surface area (Å²) in [5.41, 5.74) is 11.9. The molecule has 7 nitrogen and oxygen atoms in total. The summed E-state index contributed by atoms with van der Waals surface area (Å²) < 4.78 is 36.7. The topological polar surface area (TPSA) is 122 Å². The molecule has 176 valence electrons. The van der Waals surface area contributed by atoms with E-state index in [9.17, 15) is 13.0 Å². The molecular formula is C24H17N4NaO3S4. The minimum atomic E-state index is -4.59. The third-order valence-electron chi connectivity index (χ3n) is 5.10. The monoisotopic (exact) mass is 560 g/mol. The Morgan fingerprint density at radius 2 is 1.56 bits per heavy atom. The van der Waals surface area contributed by atoms with E-state index < -0.39 is 10.1 Å². The molecule has 0 saturated heterocycles. The van der Waals surface area contributed by atoms with Crippen molar-refractivity contribution in [1.29, 1.82) is 0 Å². The van der Waals surface area contributed by atoms with Crippen LogP contribution in [0.1, 0.15) is 5.56 Å². The van der Waals surface area contributed by atoms with Crippen LogP contribution in [0.2, 0.25) is 0 Å². The number of benzene rings is 3. The number of aromatic nitrogens is 3. The number of fused-ring (bicyclic) bond motifs is 2. The minimum Gasteiger partial charge on any atom is -0.744 e. The molecule has 3 aromatic heterocycles. The number of anilines is 1. The van der Waals surface area contributed by atoms with E-state index in [0.29, 0.717) is 26.5 Å². The molecule has 6 aromatic rings. The van der Waals surface area contributed by atoms with Crippen molar-refractivity contribution in [2.24, 2.45) is 0 Å². The van der Waals surface area contributed by atoms with Gasteiger partial charge in [-0.2, -0.15) is 0 Å². The Kier molecular flexibility index (Phi) is 8.22. The van der Waals surface area contributed by atoms with Crippen molar-refractivity contribution in [3.8, 4) is 21.1 Å². The van der Waals surface area contributed by atoms with Crippen LogP contribution in [-0.2, 0) is 10.1 Å². The molecule has 2 N–H and O–H groups in total. The van der Waals surface area contributed by atoms with Gasteiger partial charge < -0.3 is 10.3 Å². The van der Waals surface area contributed by atoms with Crippen molar-refractivity contribution in [1.82, 2.24) is 15.0 Å². The van der Waals surface area contributed by atoms with E-state index in [1.54, 1.807) is 53.4 Å². The fourth-order valence-electron chi connectivity index (χ4n) is 3.48. The van der Waals surface area contributed by atoms with Gasteiger partial charge >= 0.3 is 29.6 Å². The zero-order valence-corrected chi connectivity index (χ0v) is 24.5. The second-order valence-corrected chi connectivity index (χ2v) is 11.6. The minimum absolute atomic E-state index is 0. The smallest absolute Gasteiger partial charge is 0.744 e. The Hall–Kier alpha value is -2.22. The maximum absolute atomic E-state index is 11.8. The van der Waals surface area contributed by atoms with Crippen molar-refractivity contribution in [2.45, 2.75) is 11.8 Å². The molecule has 0 aliphatic rings. The first-order valence-corrected chi connectivity index (χ1v) is 14.2. The maximum atomic E-state index is 11.8. The molecule has 0 aliphatic carbocycles. The van der Waals surface area contributed by atoms with Crippen LogP contribution in [0.5, 0.6) is 0 Å². The number of hydrogen-bond acceptors (Lipinski definition) is 10. The van der Waals surface area contributed by atoms with E-state index >= 15 is 0 Å². The summed E-state index contributed by atoms with van der Waals surface area (Å²) in [5, 5.41) is 3.48. The zero-order valence-electron chi connectivity index (χ0n) is 19.2. The van der Waals surface area contributed by atoms with Gasteiger partial charge in [-0.15, -0.1) is 34.0 Å². The first-order valence-electron chi connectivity index (χ1n) is 10.2. The Bertz CT molecular complexity index is 1730. The number of nitrogens with two attached hydrogens (primary N) is 1. The normalized spacial score (nSPS) is 11.2. The number of rotatable bonds is 3. The molecule has 0 amide bonds. The van der Waals surface area contributed by atoms with Crippen LogP contribution in [-0.4, -0.2) is 27.9 Å². The largest absolute Gasteiger partial charge is 1.00 e. The molecular weight excluding hydrogens is 544 g/mol. The Morgan fingerprint density at radius 3 is 2.19 bits per heavy atom. The van der Waals surface area contributed by atoms with Crippen LogP contribution < -0.4 is 35.3 Å². The summed E-state index contributed by atoms with van der Waals surface area (Å²) in [5.74, 6) is 0. The van der Waals surface area contributed by atoms with Gasteiger partial charge in [-0.1, -0.05) is 6.07 Å². The van der Waals surface area contributed by atoms with E-state index in [1.807, 2.05) is 47.8 Å². The van der Waals surface area contributed by atoms with Crippen molar-refractivity contribution in [3.05, 3.63) is 77.2 Å². The van der Waals surface area contributed by atoms with Crippen molar-refractivity contribution >= 4 is 70.2 Å². The number of hydrogen-bond donors (Lipinski definition) is 1. The first-order chi connectivity index (χ1) is 16.8. The van der Waals surface area contributed by atoms with E-state index in [-0.39, 0.29) is 34.5 Å². The van der Waals surface area contributed by atoms with Crippen LogP contribution in [0.15, 0.2) is 76.6 Å². The summed E-state index contributed by atoms with van der Waals surface area (Å²) in [7, 11) is -4.59. The Balaban J connectivity index is 0.000000455. The number of nitrogens with zero attached hydrogens (tertiary/aromatic N) is 3. The fourth-order valence-corrected chi connectivity index (χ4v) is 7.12. The summed E-state index contributed by atoms with van der Waals surface area (Å²) in [4.78, 5) is 12.8.